The van der Waals surface area contributed by atoms with Crippen LogP contribution in [-0.4, -0.2) is 23.7 Å². The molecule has 0 aliphatic carbocycles. The van der Waals surface area contributed by atoms with Gasteiger partial charge in [-0.2, -0.15) is 0 Å². The van der Waals surface area contributed by atoms with Crippen molar-refractivity contribution in [2.45, 2.75) is 25.9 Å². The van der Waals surface area contributed by atoms with Gasteiger partial charge in [-0.1, -0.05) is 12.1 Å². The third kappa shape index (κ3) is 3.45. The minimum Gasteiger partial charge on any atom is -0.451 e. The molecule has 0 bridgehead atoms. The van der Waals surface area contributed by atoms with Crippen molar-refractivity contribution in [2.24, 2.45) is 0 Å². The first-order valence-electron chi connectivity index (χ1n) is 6.57. The van der Waals surface area contributed by atoms with E-state index in [1.165, 1.54) is 6.07 Å². The fourth-order valence-electron chi connectivity index (χ4n) is 1.90. The Bertz CT molecular complexity index is 660. The highest BCUT2D eigenvalue weighted by Crippen LogP contribution is 2.11. The van der Waals surface area contributed by atoms with Gasteiger partial charge in [0.2, 0.25) is 0 Å². The molecular weight excluding hydrogens is 258 g/mol. The molecule has 2 rings (SSSR count). The van der Waals surface area contributed by atoms with Crippen LogP contribution in [0.3, 0.4) is 0 Å². The van der Waals surface area contributed by atoms with Gasteiger partial charge < -0.3 is 14.8 Å². The van der Waals surface area contributed by atoms with E-state index in [-0.39, 0.29) is 17.3 Å². The fraction of sp³-hybridized carbons (Fsp3) is 0.333. The molecule has 1 heterocycles. The van der Waals surface area contributed by atoms with E-state index < -0.39 is 5.91 Å². The Labute approximate surface area is 116 Å². The molecule has 2 aromatic rings. The topological polar surface area (TPSA) is 79.5 Å². The van der Waals surface area contributed by atoms with E-state index in [1.54, 1.807) is 31.2 Å². The third-order valence-corrected chi connectivity index (χ3v) is 2.94. The van der Waals surface area contributed by atoms with Crippen LogP contribution >= 0.6 is 0 Å². The minimum absolute atomic E-state index is 0.00532. The summed E-state index contributed by atoms with van der Waals surface area (Å²) in [5.74, 6) is -0.413. The van der Waals surface area contributed by atoms with Gasteiger partial charge in [0.05, 0.1) is 11.5 Å². The molecule has 0 fully saturated rings. The number of benzene rings is 1. The van der Waals surface area contributed by atoms with E-state index in [0.29, 0.717) is 30.4 Å². The molecule has 0 saturated carbocycles. The van der Waals surface area contributed by atoms with Gasteiger partial charge in [0.1, 0.15) is 5.58 Å². The van der Waals surface area contributed by atoms with Gasteiger partial charge in [-0.3, -0.25) is 9.59 Å². The van der Waals surface area contributed by atoms with Gasteiger partial charge in [-0.05, 0) is 31.9 Å². The van der Waals surface area contributed by atoms with Crippen molar-refractivity contribution in [3.8, 4) is 0 Å². The second kappa shape index (κ2) is 6.34. The monoisotopic (exact) mass is 275 g/mol. The number of nitrogens with one attached hydrogen (secondary N) is 1. The highest BCUT2D eigenvalue weighted by Gasteiger charge is 2.11. The van der Waals surface area contributed by atoms with E-state index in [4.69, 9.17) is 9.52 Å². The molecule has 1 unspecified atom stereocenters. The van der Waals surface area contributed by atoms with Crippen LogP contribution in [0.15, 0.2) is 39.5 Å². The minimum atomic E-state index is -0.418. The molecule has 2 N–H and O–H groups in total. The van der Waals surface area contributed by atoms with Gasteiger partial charge in [0.15, 0.2) is 11.2 Å². The van der Waals surface area contributed by atoms with Crippen LogP contribution in [0.4, 0.5) is 0 Å². The molecule has 1 atom stereocenters. The molecule has 5 nitrogen and oxygen atoms in total. The summed E-state index contributed by atoms with van der Waals surface area (Å²) in [6.07, 6.45) is 0.897. The van der Waals surface area contributed by atoms with E-state index in [1.807, 2.05) is 0 Å². The molecule has 106 valence electrons. The summed E-state index contributed by atoms with van der Waals surface area (Å²) in [6.45, 7) is 2.13. The van der Waals surface area contributed by atoms with Gasteiger partial charge in [0, 0.05) is 12.6 Å². The molecule has 1 aromatic heterocycles. The van der Waals surface area contributed by atoms with Crippen molar-refractivity contribution in [3.05, 3.63) is 46.3 Å². The maximum absolute atomic E-state index is 11.9. The van der Waals surface area contributed by atoms with Crippen molar-refractivity contribution >= 4 is 16.9 Å². The Morgan fingerprint density at radius 2 is 2.15 bits per heavy atom. The largest absolute Gasteiger partial charge is 0.451 e. The van der Waals surface area contributed by atoms with Crippen molar-refractivity contribution < 1.29 is 14.3 Å². The lowest BCUT2D eigenvalue weighted by Gasteiger charge is -2.06. The summed E-state index contributed by atoms with van der Waals surface area (Å²) in [6, 6.07) is 8.00. The van der Waals surface area contributed by atoms with E-state index >= 15 is 0 Å². The van der Waals surface area contributed by atoms with Crippen LogP contribution in [0.1, 0.15) is 30.3 Å². The molecule has 1 amide bonds. The SMILES string of the molecule is CC(O)CCCNC(=O)c1cc(=O)c2ccccc2o1. The second-order valence-electron chi connectivity index (χ2n) is 4.72. The Balaban J connectivity index is 2.09. The Morgan fingerprint density at radius 1 is 1.40 bits per heavy atom. The average molecular weight is 275 g/mol. The maximum atomic E-state index is 11.9. The zero-order valence-electron chi connectivity index (χ0n) is 11.3. The highest BCUT2D eigenvalue weighted by atomic mass is 16.3. The second-order valence-corrected chi connectivity index (χ2v) is 4.72. The molecule has 20 heavy (non-hydrogen) atoms. The first-order valence-corrected chi connectivity index (χ1v) is 6.57. The van der Waals surface area contributed by atoms with Gasteiger partial charge in [-0.25, -0.2) is 0 Å². The van der Waals surface area contributed by atoms with E-state index in [2.05, 4.69) is 5.32 Å². The lowest BCUT2D eigenvalue weighted by Crippen LogP contribution is -2.26. The number of amides is 1. The number of aliphatic hydroxyl groups is 1. The number of hydrogen-bond acceptors (Lipinski definition) is 4. The molecular formula is C15H17NO4. The molecule has 0 saturated heterocycles. The van der Waals surface area contributed by atoms with Crippen molar-refractivity contribution in [1.82, 2.24) is 5.32 Å². The summed E-state index contributed by atoms with van der Waals surface area (Å²) in [5, 5.41) is 12.2. The predicted octanol–water partition coefficient (Wildman–Crippen LogP) is 1.68. The molecule has 1 aromatic carbocycles. The van der Waals surface area contributed by atoms with Gasteiger partial charge >= 0.3 is 0 Å². The van der Waals surface area contributed by atoms with Crippen molar-refractivity contribution in [3.63, 3.8) is 0 Å². The molecule has 0 aliphatic rings. The maximum Gasteiger partial charge on any atom is 0.287 e. The Hall–Kier alpha value is -2.14. The first kappa shape index (κ1) is 14.3. The van der Waals surface area contributed by atoms with E-state index in [9.17, 15) is 9.59 Å². The number of aliphatic hydroxyl groups excluding tert-OH is 1. The van der Waals surface area contributed by atoms with Crippen LogP contribution < -0.4 is 10.7 Å². The number of para-hydroxylation sites is 1. The van der Waals surface area contributed by atoms with Crippen LogP contribution in [0, 0.1) is 0 Å². The van der Waals surface area contributed by atoms with E-state index in [0.717, 1.165) is 0 Å². The lowest BCUT2D eigenvalue weighted by atomic mass is 10.2. The number of hydrogen-bond donors (Lipinski definition) is 2. The molecule has 0 aliphatic heterocycles. The highest BCUT2D eigenvalue weighted by molar-refractivity contribution is 5.93. The quantitative estimate of drug-likeness (QED) is 0.814. The van der Waals surface area contributed by atoms with Crippen LogP contribution in [0.25, 0.3) is 11.0 Å². The van der Waals surface area contributed by atoms with Crippen LogP contribution in [0.2, 0.25) is 0 Å². The smallest absolute Gasteiger partial charge is 0.287 e. The zero-order valence-corrected chi connectivity index (χ0v) is 11.3. The summed E-state index contributed by atoms with van der Waals surface area (Å²) >= 11 is 0. The predicted molar refractivity (Wildman–Crippen MR) is 75.7 cm³/mol. The van der Waals surface area contributed by atoms with Gasteiger partial charge in [-0.15, -0.1) is 0 Å². The lowest BCUT2D eigenvalue weighted by molar-refractivity contribution is 0.0922. The van der Waals surface area contributed by atoms with Crippen molar-refractivity contribution in [2.75, 3.05) is 6.54 Å². The third-order valence-electron chi connectivity index (χ3n) is 2.94. The summed E-state index contributed by atoms with van der Waals surface area (Å²) in [7, 11) is 0. The summed E-state index contributed by atoms with van der Waals surface area (Å²) in [5.41, 5.74) is 0.162. The van der Waals surface area contributed by atoms with Crippen LogP contribution in [-0.2, 0) is 0 Å². The standard InChI is InChI=1S/C15H17NO4/c1-10(17)5-4-8-16-15(19)14-9-12(18)11-6-2-3-7-13(11)20-14/h2-3,6-7,9-10,17H,4-5,8H2,1H3,(H,16,19). The number of carbonyl (C=O) groups excluding carboxylic acids is 1. The number of fused-ring (bicyclic) bond motifs is 1. The van der Waals surface area contributed by atoms with Crippen LogP contribution in [0.5, 0.6) is 0 Å². The number of rotatable bonds is 5. The molecule has 5 heteroatoms. The van der Waals surface area contributed by atoms with Gasteiger partial charge in [0.25, 0.3) is 5.91 Å². The fourth-order valence-corrected chi connectivity index (χ4v) is 1.90. The molecule has 0 radical (unpaired) electrons. The zero-order chi connectivity index (χ0) is 14.5. The summed E-state index contributed by atoms with van der Waals surface area (Å²) < 4.78 is 5.42. The average Bonchev–Trinajstić information content (AvgIpc) is 2.43. The summed E-state index contributed by atoms with van der Waals surface area (Å²) in [4.78, 5) is 23.7. The first-order chi connectivity index (χ1) is 9.58. The number of carbonyl (C=O) groups is 1. The normalized spacial score (nSPS) is 12.3. The van der Waals surface area contributed by atoms with Crippen molar-refractivity contribution in [1.29, 1.82) is 0 Å². The Kier molecular flexibility index (Phi) is 4.53. The molecule has 0 spiro atoms. The Morgan fingerprint density at radius 3 is 2.90 bits per heavy atom.